The number of aryl methyl sites for hydroxylation is 1. The SMILES string of the molecule is CC(CCl)CCCNC(=O)CCCc1ccccc1. The fourth-order valence-corrected chi connectivity index (χ4v) is 2.10. The molecule has 0 aromatic heterocycles. The maximum absolute atomic E-state index is 11.6. The third-order valence-electron chi connectivity index (χ3n) is 3.17. The molecule has 0 aliphatic heterocycles. The highest BCUT2D eigenvalue weighted by Crippen LogP contribution is 2.07. The molecule has 1 unspecified atom stereocenters. The topological polar surface area (TPSA) is 29.1 Å². The van der Waals surface area contributed by atoms with Crippen molar-refractivity contribution in [3.63, 3.8) is 0 Å². The van der Waals surface area contributed by atoms with E-state index in [0.29, 0.717) is 18.2 Å². The Morgan fingerprint density at radius 1 is 1.26 bits per heavy atom. The van der Waals surface area contributed by atoms with Crippen molar-refractivity contribution >= 4 is 17.5 Å². The van der Waals surface area contributed by atoms with Crippen molar-refractivity contribution in [1.82, 2.24) is 5.32 Å². The van der Waals surface area contributed by atoms with Crippen LogP contribution in [0.15, 0.2) is 30.3 Å². The minimum Gasteiger partial charge on any atom is -0.356 e. The van der Waals surface area contributed by atoms with Gasteiger partial charge in [-0.25, -0.2) is 0 Å². The van der Waals surface area contributed by atoms with Crippen molar-refractivity contribution < 1.29 is 4.79 Å². The average Bonchev–Trinajstić information content (AvgIpc) is 2.44. The molecule has 0 saturated heterocycles. The van der Waals surface area contributed by atoms with Gasteiger partial charge in [-0.05, 0) is 37.2 Å². The Labute approximate surface area is 121 Å². The van der Waals surface area contributed by atoms with E-state index in [1.165, 1.54) is 5.56 Å². The molecule has 1 aromatic rings. The van der Waals surface area contributed by atoms with Crippen molar-refractivity contribution in [1.29, 1.82) is 0 Å². The molecule has 0 radical (unpaired) electrons. The van der Waals surface area contributed by atoms with E-state index in [-0.39, 0.29) is 5.91 Å². The highest BCUT2D eigenvalue weighted by molar-refractivity contribution is 6.18. The number of carbonyl (C=O) groups excluding carboxylic acids is 1. The Balaban J connectivity index is 2.02. The standard InChI is InChI=1S/C16H24ClNO/c1-14(13-17)7-6-12-18-16(19)11-5-10-15-8-3-2-4-9-15/h2-4,8-9,14H,5-7,10-13H2,1H3,(H,18,19). The predicted octanol–water partition coefficient (Wildman–Crippen LogP) is 3.78. The molecule has 0 spiro atoms. The molecule has 1 N–H and O–H groups in total. The molecule has 1 rings (SSSR count). The minimum absolute atomic E-state index is 0.162. The van der Waals surface area contributed by atoms with E-state index in [0.717, 1.165) is 32.2 Å². The molecule has 0 aliphatic rings. The molecule has 1 atom stereocenters. The molecular weight excluding hydrogens is 258 g/mol. The van der Waals surface area contributed by atoms with Gasteiger partial charge in [-0.3, -0.25) is 4.79 Å². The first kappa shape index (κ1) is 16.0. The zero-order valence-electron chi connectivity index (χ0n) is 11.7. The molecule has 19 heavy (non-hydrogen) atoms. The first-order valence-electron chi connectivity index (χ1n) is 7.09. The predicted molar refractivity (Wildman–Crippen MR) is 81.5 cm³/mol. The molecule has 0 heterocycles. The number of rotatable bonds is 9. The number of alkyl halides is 1. The van der Waals surface area contributed by atoms with Gasteiger partial charge in [0.1, 0.15) is 0 Å². The molecule has 0 saturated carbocycles. The third kappa shape index (κ3) is 7.89. The Morgan fingerprint density at radius 2 is 2.00 bits per heavy atom. The molecule has 106 valence electrons. The van der Waals surface area contributed by atoms with Gasteiger partial charge in [0, 0.05) is 18.8 Å². The van der Waals surface area contributed by atoms with E-state index < -0.39 is 0 Å². The van der Waals surface area contributed by atoms with Crippen LogP contribution in [-0.4, -0.2) is 18.3 Å². The summed E-state index contributed by atoms with van der Waals surface area (Å²) in [6.45, 7) is 2.90. The highest BCUT2D eigenvalue weighted by Gasteiger charge is 2.03. The normalized spacial score (nSPS) is 12.1. The van der Waals surface area contributed by atoms with Crippen LogP contribution in [0.4, 0.5) is 0 Å². The van der Waals surface area contributed by atoms with E-state index in [1.807, 2.05) is 18.2 Å². The van der Waals surface area contributed by atoms with Crippen molar-refractivity contribution in [2.24, 2.45) is 5.92 Å². The summed E-state index contributed by atoms with van der Waals surface area (Å²) in [5.74, 6) is 1.40. The Hall–Kier alpha value is -1.02. The monoisotopic (exact) mass is 281 g/mol. The smallest absolute Gasteiger partial charge is 0.220 e. The summed E-state index contributed by atoms with van der Waals surface area (Å²) in [4.78, 5) is 11.6. The quantitative estimate of drug-likeness (QED) is 0.542. The maximum atomic E-state index is 11.6. The van der Waals surface area contributed by atoms with Crippen LogP contribution in [0.3, 0.4) is 0 Å². The maximum Gasteiger partial charge on any atom is 0.220 e. The van der Waals surface area contributed by atoms with Gasteiger partial charge >= 0.3 is 0 Å². The minimum atomic E-state index is 0.162. The Bertz CT molecular complexity index is 353. The van der Waals surface area contributed by atoms with Gasteiger partial charge in [0.05, 0.1) is 0 Å². The van der Waals surface area contributed by atoms with Crippen LogP contribution in [0.1, 0.15) is 38.2 Å². The second kappa shape index (κ2) is 9.85. The number of hydrogen-bond acceptors (Lipinski definition) is 1. The Kier molecular flexibility index (Phi) is 8.31. The zero-order valence-corrected chi connectivity index (χ0v) is 12.5. The van der Waals surface area contributed by atoms with Gasteiger partial charge < -0.3 is 5.32 Å². The highest BCUT2D eigenvalue weighted by atomic mass is 35.5. The fourth-order valence-electron chi connectivity index (χ4n) is 1.94. The van der Waals surface area contributed by atoms with E-state index in [9.17, 15) is 4.79 Å². The lowest BCUT2D eigenvalue weighted by Gasteiger charge is -2.08. The summed E-state index contributed by atoms with van der Waals surface area (Å²) >= 11 is 5.73. The van der Waals surface area contributed by atoms with E-state index in [2.05, 4.69) is 24.4 Å². The van der Waals surface area contributed by atoms with Crippen LogP contribution in [0.25, 0.3) is 0 Å². The van der Waals surface area contributed by atoms with Crippen molar-refractivity contribution in [2.75, 3.05) is 12.4 Å². The number of benzene rings is 1. The van der Waals surface area contributed by atoms with Gasteiger partial charge in [0.15, 0.2) is 0 Å². The number of carbonyl (C=O) groups is 1. The van der Waals surface area contributed by atoms with Crippen LogP contribution in [0.2, 0.25) is 0 Å². The van der Waals surface area contributed by atoms with Gasteiger partial charge in [-0.1, -0.05) is 37.3 Å². The molecule has 1 amide bonds. The van der Waals surface area contributed by atoms with Crippen molar-refractivity contribution in [3.8, 4) is 0 Å². The molecule has 0 bridgehead atoms. The van der Waals surface area contributed by atoms with E-state index in [1.54, 1.807) is 0 Å². The summed E-state index contributed by atoms with van der Waals surface area (Å²) < 4.78 is 0. The molecule has 1 aromatic carbocycles. The average molecular weight is 282 g/mol. The van der Waals surface area contributed by atoms with Crippen LogP contribution < -0.4 is 5.32 Å². The van der Waals surface area contributed by atoms with Crippen LogP contribution in [-0.2, 0) is 11.2 Å². The van der Waals surface area contributed by atoms with Gasteiger partial charge in [-0.15, -0.1) is 11.6 Å². The lowest BCUT2D eigenvalue weighted by molar-refractivity contribution is -0.121. The van der Waals surface area contributed by atoms with Crippen molar-refractivity contribution in [2.45, 2.75) is 39.0 Å². The third-order valence-corrected chi connectivity index (χ3v) is 3.70. The number of halogens is 1. The van der Waals surface area contributed by atoms with Gasteiger partial charge in [0.2, 0.25) is 5.91 Å². The van der Waals surface area contributed by atoms with Crippen molar-refractivity contribution in [3.05, 3.63) is 35.9 Å². The van der Waals surface area contributed by atoms with E-state index >= 15 is 0 Å². The van der Waals surface area contributed by atoms with Gasteiger partial charge in [-0.2, -0.15) is 0 Å². The number of hydrogen-bond donors (Lipinski definition) is 1. The number of amides is 1. The second-order valence-electron chi connectivity index (χ2n) is 5.09. The summed E-state index contributed by atoms with van der Waals surface area (Å²) in [5.41, 5.74) is 1.30. The lowest BCUT2D eigenvalue weighted by Crippen LogP contribution is -2.24. The summed E-state index contributed by atoms with van der Waals surface area (Å²) in [5, 5.41) is 2.97. The second-order valence-corrected chi connectivity index (χ2v) is 5.40. The molecule has 0 aliphatic carbocycles. The van der Waals surface area contributed by atoms with Gasteiger partial charge in [0.25, 0.3) is 0 Å². The Morgan fingerprint density at radius 3 is 2.68 bits per heavy atom. The first-order chi connectivity index (χ1) is 9.22. The van der Waals surface area contributed by atoms with E-state index in [4.69, 9.17) is 11.6 Å². The number of nitrogens with one attached hydrogen (secondary N) is 1. The molecule has 3 heteroatoms. The van der Waals surface area contributed by atoms with Crippen LogP contribution in [0, 0.1) is 5.92 Å². The molecular formula is C16H24ClNO. The zero-order chi connectivity index (χ0) is 13.9. The summed E-state index contributed by atoms with van der Waals surface area (Å²) in [7, 11) is 0. The molecule has 2 nitrogen and oxygen atoms in total. The molecule has 0 fully saturated rings. The summed E-state index contributed by atoms with van der Waals surface area (Å²) in [6, 6.07) is 10.3. The van der Waals surface area contributed by atoms with Crippen LogP contribution >= 0.6 is 11.6 Å². The first-order valence-corrected chi connectivity index (χ1v) is 7.62. The fraction of sp³-hybridized carbons (Fsp3) is 0.562. The lowest BCUT2D eigenvalue weighted by atomic mass is 10.1. The van der Waals surface area contributed by atoms with Crippen LogP contribution in [0.5, 0.6) is 0 Å². The summed E-state index contributed by atoms with van der Waals surface area (Å²) in [6.07, 6.45) is 4.58. The largest absolute Gasteiger partial charge is 0.356 e.